The SMILES string of the molecule is COc1ccccc1-c1c(Br)nc(N)n1C. The zero-order valence-electron chi connectivity index (χ0n) is 9.07. The molecular formula is C11H12BrN3O. The fourth-order valence-electron chi connectivity index (χ4n) is 1.61. The first-order chi connectivity index (χ1) is 7.65. The zero-order valence-corrected chi connectivity index (χ0v) is 10.7. The number of hydrogen-bond donors (Lipinski definition) is 1. The summed E-state index contributed by atoms with van der Waals surface area (Å²) in [5, 5.41) is 0. The van der Waals surface area contributed by atoms with Gasteiger partial charge in [-0.3, -0.25) is 0 Å². The summed E-state index contributed by atoms with van der Waals surface area (Å²) >= 11 is 3.40. The van der Waals surface area contributed by atoms with E-state index in [0.717, 1.165) is 21.6 Å². The molecule has 1 aromatic carbocycles. The molecule has 84 valence electrons. The number of halogens is 1. The standard InChI is InChI=1S/C11H12BrN3O/c1-15-9(10(12)14-11(15)13)7-5-3-4-6-8(7)16-2/h3-6H,1-2H3,(H2,13,14). The Hall–Kier alpha value is -1.49. The van der Waals surface area contributed by atoms with Crippen molar-refractivity contribution in [3.8, 4) is 17.0 Å². The molecule has 0 aliphatic carbocycles. The molecule has 0 amide bonds. The van der Waals surface area contributed by atoms with Gasteiger partial charge in [-0.15, -0.1) is 0 Å². The van der Waals surface area contributed by atoms with E-state index in [0.29, 0.717) is 5.95 Å². The fourth-order valence-corrected chi connectivity index (χ4v) is 2.27. The number of aromatic nitrogens is 2. The number of para-hydroxylation sites is 1. The molecule has 0 aliphatic heterocycles. The number of ether oxygens (including phenoxy) is 1. The molecule has 0 spiro atoms. The monoisotopic (exact) mass is 281 g/mol. The van der Waals surface area contributed by atoms with Gasteiger partial charge in [-0.1, -0.05) is 12.1 Å². The molecule has 0 aliphatic rings. The number of rotatable bonds is 2. The van der Waals surface area contributed by atoms with E-state index in [1.54, 1.807) is 7.11 Å². The Bertz CT molecular complexity index is 522. The Kier molecular flexibility index (Phi) is 2.87. The van der Waals surface area contributed by atoms with Crippen LogP contribution in [0.2, 0.25) is 0 Å². The Morgan fingerprint density at radius 3 is 2.62 bits per heavy atom. The molecule has 0 fully saturated rings. The third-order valence-corrected chi connectivity index (χ3v) is 3.00. The zero-order chi connectivity index (χ0) is 11.7. The number of nitrogens with two attached hydrogens (primary N) is 1. The van der Waals surface area contributed by atoms with E-state index in [-0.39, 0.29) is 0 Å². The second-order valence-corrected chi connectivity index (χ2v) is 4.12. The Morgan fingerprint density at radius 1 is 1.38 bits per heavy atom. The van der Waals surface area contributed by atoms with Crippen LogP contribution >= 0.6 is 15.9 Å². The minimum atomic E-state index is 0.466. The summed E-state index contributed by atoms with van der Waals surface area (Å²) in [6, 6.07) is 7.76. The van der Waals surface area contributed by atoms with E-state index in [2.05, 4.69) is 20.9 Å². The lowest BCUT2D eigenvalue weighted by molar-refractivity contribution is 0.416. The van der Waals surface area contributed by atoms with Crippen molar-refractivity contribution < 1.29 is 4.74 Å². The number of nitrogens with zero attached hydrogens (tertiary/aromatic N) is 2. The highest BCUT2D eigenvalue weighted by molar-refractivity contribution is 9.10. The smallest absolute Gasteiger partial charge is 0.201 e. The average molecular weight is 282 g/mol. The van der Waals surface area contributed by atoms with Crippen molar-refractivity contribution in [2.24, 2.45) is 7.05 Å². The number of imidazole rings is 1. The summed E-state index contributed by atoms with van der Waals surface area (Å²) in [5.41, 5.74) is 7.63. The van der Waals surface area contributed by atoms with Crippen LogP contribution < -0.4 is 10.5 Å². The van der Waals surface area contributed by atoms with Crippen LogP contribution in [0.1, 0.15) is 0 Å². The normalized spacial score (nSPS) is 10.4. The van der Waals surface area contributed by atoms with Gasteiger partial charge >= 0.3 is 0 Å². The highest BCUT2D eigenvalue weighted by Crippen LogP contribution is 2.35. The first-order valence-electron chi connectivity index (χ1n) is 4.76. The Labute approximate surface area is 102 Å². The number of methoxy groups -OCH3 is 1. The van der Waals surface area contributed by atoms with Crippen LogP contribution in [-0.4, -0.2) is 16.7 Å². The lowest BCUT2D eigenvalue weighted by Crippen LogP contribution is -1.99. The molecule has 1 aromatic heterocycles. The molecule has 1 heterocycles. The van der Waals surface area contributed by atoms with Crippen molar-refractivity contribution in [2.45, 2.75) is 0 Å². The largest absolute Gasteiger partial charge is 0.496 e. The number of anilines is 1. The summed E-state index contributed by atoms with van der Waals surface area (Å²) in [5.74, 6) is 1.26. The molecule has 4 nitrogen and oxygen atoms in total. The van der Waals surface area contributed by atoms with Gasteiger partial charge in [-0.05, 0) is 28.1 Å². The third kappa shape index (κ3) is 1.67. The van der Waals surface area contributed by atoms with Crippen molar-refractivity contribution in [1.82, 2.24) is 9.55 Å². The third-order valence-electron chi connectivity index (χ3n) is 2.45. The predicted molar refractivity (Wildman–Crippen MR) is 67.3 cm³/mol. The maximum absolute atomic E-state index is 5.75. The molecule has 0 atom stereocenters. The van der Waals surface area contributed by atoms with Crippen molar-refractivity contribution in [2.75, 3.05) is 12.8 Å². The summed E-state index contributed by atoms with van der Waals surface area (Å²) in [6.45, 7) is 0. The number of nitrogen functional groups attached to an aromatic ring is 1. The lowest BCUT2D eigenvalue weighted by Gasteiger charge is -2.09. The first kappa shape index (κ1) is 11.0. The molecule has 2 N–H and O–H groups in total. The van der Waals surface area contributed by atoms with E-state index in [4.69, 9.17) is 10.5 Å². The van der Waals surface area contributed by atoms with Gasteiger partial charge in [0.2, 0.25) is 5.95 Å². The van der Waals surface area contributed by atoms with Gasteiger partial charge in [0.1, 0.15) is 10.4 Å². The highest BCUT2D eigenvalue weighted by atomic mass is 79.9. The van der Waals surface area contributed by atoms with Crippen molar-refractivity contribution in [3.05, 3.63) is 28.9 Å². The van der Waals surface area contributed by atoms with Crippen molar-refractivity contribution >= 4 is 21.9 Å². The van der Waals surface area contributed by atoms with Gasteiger partial charge in [-0.25, -0.2) is 4.98 Å². The van der Waals surface area contributed by atoms with Crippen molar-refractivity contribution in [1.29, 1.82) is 0 Å². The molecule has 5 heteroatoms. The average Bonchev–Trinajstić information content (AvgIpc) is 2.53. The molecule has 0 saturated heterocycles. The lowest BCUT2D eigenvalue weighted by atomic mass is 10.1. The summed E-state index contributed by atoms with van der Waals surface area (Å²) in [6.07, 6.45) is 0. The van der Waals surface area contributed by atoms with Gasteiger partial charge in [0.15, 0.2) is 0 Å². The maximum atomic E-state index is 5.75. The van der Waals surface area contributed by atoms with Gasteiger partial charge < -0.3 is 15.0 Å². The van der Waals surface area contributed by atoms with Gasteiger partial charge in [0.05, 0.1) is 12.8 Å². The highest BCUT2D eigenvalue weighted by Gasteiger charge is 2.15. The van der Waals surface area contributed by atoms with Gasteiger partial charge in [-0.2, -0.15) is 0 Å². The van der Waals surface area contributed by atoms with Gasteiger partial charge in [0, 0.05) is 12.6 Å². The molecule has 2 aromatic rings. The van der Waals surface area contributed by atoms with Crippen LogP contribution in [0.3, 0.4) is 0 Å². The summed E-state index contributed by atoms with van der Waals surface area (Å²) in [4.78, 5) is 4.16. The quantitative estimate of drug-likeness (QED) is 0.920. The van der Waals surface area contributed by atoms with Crippen molar-refractivity contribution in [3.63, 3.8) is 0 Å². The summed E-state index contributed by atoms with van der Waals surface area (Å²) < 4.78 is 7.86. The van der Waals surface area contributed by atoms with Crippen LogP contribution in [0.4, 0.5) is 5.95 Å². The van der Waals surface area contributed by atoms with Gasteiger partial charge in [0.25, 0.3) is 0 Å². The van der Waals surface area contributed by atoms with E-state index in [1.807, 2.05) is 35.9 Å². The van der Waals surface area contributed by atoms with E-state index >= 15 is 0 Å². The van der Waals surface area contributed by atoms with E-state index in [1.165, 1.54) is 0 Å². The van der Waals surface area contributed by atoms with E-state index in [9.17, 15) is 0 Å². The molecule has 0 saturated carbocycles. The number of hydrogen-bond acceptors (Lipinski definition) is 3. The molecule has 0 unspecified atom stereocenters. The minimum absolute atomic E-state index is 0.466. The molecule has 0 bridgehead atoms. The van der Waals surface area contributed by atoms with Crippen LogP contribution in [-0.2, 0) is 7.05 Å². The minimum Gasteiger partial charge on any atom is -0.496 e. The topological polar surface area (TPSA) is 53.1 Å². The molecule has 0 radical (unpaired) electrons. The maximum Gasteiger partial charge on any atom is 0.201 e. The van der Waals surface area contributed by atoms with Crippen LogP contribution in [0.5, 0.6) is 5.75 Å². The second kappa shape index (κ2) is 4.17. The molecular weight excluding hydrogens is 270 g/mol. The van der Waals surface area contributed by atoms with Crippen LogP contribution in [0, 0.1) is 0 Å². The second-order valence-electron chi connectivity index (χ2n) is 3.37. The Morgan fingerprint density at radius 2 is 2.06 bits per heavy atom. The van der Waals surface area contributed by atoms with Crippen LogP contribution in [0.25, 0.3) is 11.3 Å². The molecule has 16 heavy (non-hydrogen) atoms. The van der Waals surface area contributed by atoms with Crippen LogP contribution in [0.15, 0.2) is 28.9 Å². The number of benzene rings is 1. The fraction of sp³-hybridized carbons (Fsp3) is 0.182. The molecule has 2 rings (SSSR count). The summed E-state index contributed by atoms with van der Waals surface area (Å²) in [7, 11) is 3.52. The Balaban J connectivity index is 2.67. The first-order valence-corrected chi connectivity index (χ1v) is 5.55. The predicted octanol–water partition coefficient (Wildman–Crippen LogP) is 2.44. The van der Waals surface area contributed by atoms with E-state index < -0.39 is 0 Å².